The van der Waals surface area contributed by atoms with Crippen LogP contribution in [0.4, 0.5) is 9.52 Å². The highest BCUT2D eigenvalue weighted by atomic mass is 32.1. The lowest BCUT2D eigenvalue weighted by Gasteiger charge is -2.29. The maximum atomic E-state index is 13.0. The first kappa shape index (κ1) is 19.4. The maximum absolute atomic E-state index is 13.0. The van der Waals surface area contributed by atoms with Gasteiger partial charge < -0.3 is 5.32 Å². The summed E-state index contributed by atoms with van der Waals surface area (Å²) in [4.78, 5) is 25.0. The molecule has 2 aromatic rings. The molecule has 0 aliphatic heterocycles. The number of nitrogens with zero attached hydrogens (tertiary/aromatic N) is 2. The quantitative estimate of drug-likeness (QED) is 0.756. The summed E-state index contributed by atoms with van der Waals surface area (Å²) in [5, 5.41) is 14.6. The van der Waals surface area contributed by atoms with Crippen LogP contribution < -0.4 is 10.6 Å². The third-order valence-corrected chi connectivity index (χ3v) is 5.90. The predicted molar refractivity (Wildman–Crippen MR) is 103 cm³/mol. The fourth-order valence-corrected chi connectivity index (χ4v) is 3.56. The van der Waals surface area contributed by atoms with Gasteiger partial charge in [-0.15, -0.1) is 10.2 Å². The topological polar surface area (TPSA) is 84.0 Å². The molecule has 2 atom stereocenters. The third kappa shape index (κ3) is 4.68. The van der Waals surface area contributed by atoms with Crippen molar-refractivity contribution in [2.75, 3.05) is 5.32 Å². The molecule has 0 bridgehead atoms. The van der Waals surface area contributed by atoms with Crippen molar-refractivity contribution in [3.05, 3.63) is 30.1 Å². The summed E-state index contributed by atoms with van der Waals surface area (Å²) in [5.74, 6) is -0.644. The molecule has 2 amide bonds. The first-order chi connectivity index (χ1) is 13.0. The molecule has 2 unspecified atom stereocenters. The summed E-state index contributed by atoms with van der Waals surface area (Å²) in [7, 11) is 0. The Hall–Kier alpha value is -2.35. The number of halogens is 1. The molecule has 1 fully saturated rings. The summed E-state index contributed by atoms with van der Waals surface area (Å²) < 4.78 is 13.0. The van der Waals surface area contributed by atoms with Crippen molar-refractivity contribution in [1.29, 1.82) is 0 Å². The molecule has 1 aliphatic rings. The minimum atomic E-state index is -0.610. The van der Waals surface area contributed by atoms with Crippen LogP contribution in [0.3, 0.4) is 0 Å². The molecule has 0 spiro atoms. The highest BCUT2D eigenvalue weighted by Crippen LogP contribution is 2.28. The number of aromatic nitrogens is 2. The van der Waals surface area contributed by atoms with E-state index in [0.29, 0.717) is 10.1 Å². The van der Waals surface area contributed by atoms with Gasteiger partial charge in [0, 0.05) is 11.5 Å². The van der Waals surface area contributed by atoms with Crippen LogP contribution in [0.2, 0.25) is 0 Å². The fourth-order valence-electron chi connectivity index (χ4n) is 2.81. The van der Waals surface area contributed by atoms with E-state index < -0.39 is 6.04 Å². The third-order valence-electron chi connectivity index (χ3n) is 5.02. The second-order valence-corrected chi connectivity index (χ2v) is 7.89. The molecular formula is C19H23FN4O2S. The van der Waals surface area contributed by atoms with Crippen molar-refractivity contribution in [3.8, 4) is 10.6 Å². The van der Waals surface area contributed by atoms with E-state index in [4.69, 9.17) is 0 Å². The van der Waals surface area contributed by atoms with Gasteiger partial charge in [-0.05, 0) is 43.0 Å². The van der Waals surface area contributed by atoms with E-state index in [-0.39, 0.29) is 29.5 Å². The van der Waals surface area contributed by atoms with Crippen LogP contribution in [-0.2, 0) is 9.59 Å². The van der Waals surface area contributed by atoms with Crippen molar-refractivity contribution in [2.45, 2.75) is 45.6 Å². The number of hydrogen-bond acceptors (Lipinski definition) is 5. The van der Waals surface area contributed by atoms with E-state index in [1.165, 1.54) is 23.5 Å². The number of anilines is 1. The molecule has 8 heteroatoms. The molecule has 1 heterocycles. The summed E-state index contributed by atoms with van der Waals surface area (Å²) >= 11 is 1.21. The largest absolute Gasteiger partial charge is 0.344 e. The number of rotatable bonds is 7. The predicted octanol–water partition coefficient (Wildman–Crippen LogP) is 3.61. The van der Waals surface area contributed by atoms with Crippen LogP contribution in [0, 0.1) is 17.7 Å². The number of benzene rings is 1. The standard InChI is InChI=1S/C19H23FN4O2S/c1-3-11(2)15(21-16(25)12-5-4-6-12)17(26)22-19-24-23-18(27-19)13-7-9-14(20)10-8-13/h7-12,15H,3-6H2,1-2H3,(H,21,25)(H,22,24,26). The highest BCUT2D eigenvalue weighted by Gasteiger charge is 2.32. The molecule has 1 saturated carbocycles. The molecule has 1 aromatic heterocycles. The maximum Gasteiger partial charge on any atom is 0.249 e. The molecule has 27 heavy (non-hydrogen) atoms. The number of carbonyl (C=O) groups excluding carboxylic acids is 2. The minimum Gasteiger partial charge on any atom is -0.344 e. The Kier molecular flexibility index (Phi) is 6.15. The number of nitrogens with one attached hydrogen (secondary N) is 2. The van der Waals surface area contributed by atoms with E-state index in [1.54, 1.807) is 12.1 Å². The van der Waals surface area contributed by atoms with Crippen LogP contribution in [0.5, 0.6) is 0 Å². The van der Waals surface area contributed by atoms with E-state index in [9.17, 15) is 14.0 Å². The van der Waals surface area contributed by atoms with Crippen molar-refractivity contribution in [2.24, 2.45) is 11.8 Å². The second-order valence-electron chi connectivity index (χ2n) is 6.91. The first-order valence-corrected chi connectivity index (χ1v) is 10.00. The van der Waals surface area contributed by atoms with E-state index in [1.807, 2.05) is 13.8 Å². The average molecular weight is 390 g/mol. The Morgan fingerprint density at radius 2 is 1.96 bits per heavy atom. The Bertz CT molecular complexity index is 804. The molecule has 2 N–H and O–H groups in total. The molecule has 144 valence electrons. The second kappa shape index (κ2) is 8.56. The van der Waals surface area contributed by atoms with Gasteiger partial charge in [-0.25, -0.2) is 4.39 Å². The number of amides is 2. The number of hydrogen-bond donors (Lipinski definition) is 2. The Balaban J connectivity index is 1.67. The average Bonchev–Trinajstić information content (AvgIpc) is 3.06. The van der Waals surface area contributed by atoms with Crippen molar-refractivity contribution in [3.63, 3.8) is 0 Å². The lowest BCUT2D eigenvalue weighted by Crippen LogP contribution is -2.50. The fraction of sp³-hybridized carbons (Fsp3) is 0.474. The highest BCUT2D eigenvalue weighted by molar-refractivity contribution is 7.18. The number of carbonyl (C=O) groups is 2. The summed E-state index contributed by atoms with van der Waals surface area (Å²) in [6.07, 6.45) is 3.60. The van der Waals surface area contributed by atoms with E-state index >= 15 is 0 Å². The first-order valence-electron chi connectivity index (χ1n) is 9.18. The van der Waals surface area contributed by atoms with Crippen molar-refractivity contribution in [1.82, 2.24) is 15.5 Å². The summed E-state index contributed by atoms with van der Waals surface area (Å²) in [6, 6.07) is 5.32. The van der Waals surface area contributed by atoms with Gasteiger partial charge in [-0.3, -0.25) is 14.9 Å². The van der Waals surface area contributed by atoms with Gasteiger partial charge in [-0.1, -0.05) is 38.0 Å². The van der Waals surface area contributed by atoms with Gasteiger partial charge >= 0.3 is 0 Å². The Morgan fingerprint density at radius 3 is 2.56 bits per heavy atom. The van der Waals surface area contributed by atoms with Crippen LogP contribution >= 0.6 is 11.3 Å². The van der Waals surface area contributed by atoms with Crippen molar-refractivity contribution < 1.29 is 14.0 Å². The molecular weight excluding hydrogens is 367 g/mol. The van der Waals surface area contributed by atoms with Crippen LogP contribution in [-0.4, -0.2) is 28.1 Å². The van der Waals surface area contributed by atoms with Crippen LogP contribution in [0.15, 0.2) is 24.3 Å². The van der Waals surface area contributed by atoms with Gasteiger partial charge in [0.25, 0.3) is 0 Å². The summed E-state index contributed by atoms with van der Waals surface area (Å²) in [5.41, 5.74) is 0.728. The Labute approximate surface area is 161 Å². The smallest absolute Gasteiger partial charge is 0.249 e. The molecule has 1 aromatic carbocycles. The zero-order valence-electron chi connectivity index (χ0n) is 15.4. The van der Waals surface area contributed by atoms with Gasteiger partial charge in [-0.2, -0.15) is 0 Å². The monoisotopic (exact) mass is 390 g/mol. The van der Waals surface area contributed by atoms with E-state index in [2.05, 4.69) is 20.8 Å². The normalized spacial score (nSPS) is 16.3. The van der Waals surface area contributed by atoms with Crippen LogP contribution in [0.1, 0.15) is 39.5 Å². The lowest BCUT2D eigenvalue weighted by molar-refractivity contribution is -0.132. The molecule has 0 saturated heterocycles. The van der Waals surface area contributed by atoms with Crippen LogP contribution in [0.25, 0.3) is 10.6 Å². The molecule has 6 nitrogen and oxygen atoms in total. The summed E-state index contributed by atoms with van der Waals surface area (Å²) in [6.45, 7) is 3.92. The lowest BCUT2D eigenvalue weighted by atomic mass is 9.84. The zero-order valence-corrected chi connectivity index (χ0v) is 16.2. The van der Waals surface area contributed by atoms with Crippen molar-refractivity contribution >= 4 is 28.3 Å². The van der Waals surface area contributed by atoms with E-state index in [0.717, 1.165) is 31.2 Å². The minimum absolute atomic E-state index is 0.00137. The van der Waals surface area contributed by atoms with Gasteiger partial charge in [0.2, 0.25) is 16.9 Å². The molecule has 3 rings (SSSR count). The zero-order chi connectivity index (χ0) is 19.4. The molecule has 1 aliphatic carbocycles. The van der Waals surface area contributed by atoms with Gasteiger partial charge in [0.05, 0.1) is 0 Å². The SMILES string of the molecule is CCC(C)C(NC(=O)C1CCC1)C(=O)Nc1nnc(-c2ccc(F)cc2)s1. The van der Waals surface area contributed by atoms with Gasteiger partial charge in [0.15, 0.2) is 0 Å². The van der Waals surface area contributed by atoms with Gasteiger partial charge in [0.1, 0.15) is 16.9 Å². The Morgan fingerprint density at radius 1 is 1.26 bits per heavy atom. The molecule has 0 radical (unpaired) electrons.